The van der Waals surface area contributed by atoms with Gasteiger partial charge in [-0.2, -0.15) is 5.26 Å². The molecule has 0 aliphatic heterocycles. The van der Waals surface area contributed by atoms with Gasteiger partial charge < -0.3 is 0 Å². The van der Waals surface area contributed by atoms with E-state index in [-0.39, 0.29) is 0 Å². The summed E-state index contributed by atoms with van der Waals surface area (Å²) in [5.74, 6) is 0. The molecule has 1 heterocycles. The molecule has 0 saturated heterocycles. The second-order valence-corrected chi connectivity index (χ2v) is 7.26. The lowest BCUT2D eigenvalue weighted by Gasteiger charge is -2.03. The van der Waals surface area contributed by atoms with Crippen molar-refractivity contribution in [3.63, 3.8) is 0 Å². The van der Waals surface area contributed by atoms with Gasteiger partial charge in [0.1, 0.15) is 11.1 Å². The van der Waals surface area contributed by atoms with Crippen LogP contribution in [0.5, 0.6) is 0 Å². The number of thiazole rings is 1. The van der Waals surface area contributed by atoms with E-state index in [0.29, 0.717) is 5.57 Å². The zero-order valence-electron chi connectivity index (χ0n) is 13.4. The third-order valence-electron chi connectivity index (χ3n) is 3.72. The van der Waals surface area contributed by atoms with Gasteiger partial charge in [-0.25, -0.2) is 4.98 Å². The van der Waals surface area contributed by atoms with E-state index in [1.54, 1.807) is 0 Å². The Morgan fingerprint density at radius 1 is 1.21 bits per heavy atom. The summed E-state index contributed by atoms with van der Waals surface area (Å²) in [5.41, 5.74) is 6.00. The molecular formula is C20H15BrN2S. The van der Waals surface area contributed by atoms with E-state index < -0.39 is 0 Å². The van der Waals surface area contributed by atoms with Gasteiger partial charge in [0.25, 0.3) is 0 Å². The zero-order valence-corrected chi connectivity index (χ0v) is 15.8. The van der Waals surface area contributed by atoms with Crippen LogP contribution in [0.4, 0.5) is 0 Å². The Bertz CT molecular complexity index is 964. The zero-order chi connectivity index (χ0) is 17.1. The molecule has 0 aliphatic carbocycles. The maximum Gasteiger partial charge on any atom is 0.134 e. The second kappa shape index (κ2) is 7.12. The molecule has 0 amide bonds. The minimum atomic E-state index is 0.572. The number of halogens is 1. The first-order valence-electron chi connectivity index (χ1n) is 7.48. The van der Waals surface area contributed by atoms with Crippen molar-refractivity contribution in [3.05, 3.63) is 74.0 Å². The standard InChI is InChI=1S/C20H15BrN2S/c1-13-7-8-17(14(2)9-13)19-12-24-20(23-19)16(11-22)10-15-5-3-4-6-18(15)21/h3-10,12H,1-2H3/b16-10-. The Balaban J connectivity index is 2.00. The van der Waals surface area contributed by atoms with Crippen LogP contribution in [-0.4, -0.2) is 4.98 Å². The fourth-order valence-corrected chi connectivity index (χ4v) is 3.70. The normalized spacial score (nSPS) is 11.3. The van der Waals surface area contributed by atoms with E-state index in [1.807, 2.05) is 35.7 Å². The highest BCUT2D eigenvalue weighted by molar-refractivity contribution is 9.10. The summed E-state index contributed by atoms with van der Waals surface area (Å²) >= 11 is 5.01. The number of hydrogen-bond acceptors (Lipinski definition) is 3. The molecule has 0 atom stereocenters. The number of aromatic nitrogens is 1. The van der Waals surface area contributed by atoms with Gasteiger partial charge in [0, 0.05) is 15.4 Å². The van der Waals surface area contributed by atoms with Gasteiger partial charge in [0.05, 0.1) is 11.3 Å². The maximum absolute atomic E-state index is 9.54. The highest BCUT2D eigenvalue weighted by Gasteiger charge is 2.11. The van der Waals surface area contributed by atoms with Crippen LogP contribution in [0.2, 0.25) is 0 Å². The molecule has 3 rings (SSSR count). The first-order chi connectivity index (χ1) is 11.6. The molecule has 3 aromatic rings. The molecule has 2 aromatic carbocycles. The molecule has 0 fully saturated rings. The Morgan fingerprint density at radius 3 is 2.71 bits per heavy atom. The Kier molecular flexibility index (Phi) is 4.94. The lowest BCUT2D eigenvalue weighted by Crippen LogP contribution is -1.87. The van der Waals surface area contributed by atoms with Crippen LogP contribution in [0, 0.1) is 25.2 Å². The maximum atomic E-state index is 9.54. The van der Waals surface area contributed by atoms with E-state index in [9.17, 15) is 5.26 Å². The Hall–Kier alpha value is -2.22. The average molecular weight is 395 g/mol. The number of allylic oxidation sites excluding steroid dienone is 1. The quantitative estimate of drug-likeness (QED) is 0.491. The van der Waals surface area contributed by atoms with Crippen LogP contribution in [0.1, 0.15) is 21.7 Å². The largest absolute Gasteiger partial charge is 0.235 e. The average Bonchev–Trinajstić information content (AvgIpc) is 3.03. The van der Waals surface area contributed by atoms with Crippen LogP contribution < -0.4 is 0 Å². The van der Waals surface area contributed by atoms with Gasteiger partial charge in [0.2, 0.25) is 0 Å². The van der Waals surface area contributed by atoms with Crippen molar-refractivity contribution < 1.29 is 0 Å². The van der Waals surface area contributed by atoms with Crippen LogP contribution in [0.3, 0.4) is 0 Å². The third kappa shape index (κ3) is 3.48. The van der Waals surface area contributed by atoms with Gasteiger partial charge in [-0.05, 0) is 37.1 Å². The first kappa shape index (κ1) is 16.6. The number of benzene rings is 2. The van der Waals surface area contributed by atoms with Crippen LogP contribution in [0.15, 0.2) is 52.3 Å². The molecular weight excluding hydrogens is 380 g/mol. The topological polar surface area (TPSA) is 36.7 Å². The van der Waals surface area contributed by atoms with Crippen LogP contribution in [-0.2, 0) is 0 Å². The molecule has 0 N–H and O–H groups in total. The van der Waals surface area contributed by atoms with Crippen LogP contribution >= 0.6 is 27.3 Å². The predicted octanol–water partition coefficient (Wildman–Crippen LogP) is 6.25. The van der Waals surface area contributed by atoms with Crippen molar-refractivity contribution in [3.8, 4) is 17.3 Å². The fourth-order valence-electron chi connectivity index (χ4n) is 2.51. The Morgan fingerprint density at radius 2 is 2.00 bits per heavy atom. The molecule has 2 nitrogen and oxygen atoms in total. The first-order valence-corrected chi connectivity index (χ1v) is 9.15. The fraction of sp³-hybridized carbons (Fsp3) is 0.100. The number of hydrogen-bond donors (Lipinski definition) is 0. The monoisotopic (exact) mass is 394 g/mol. The van der Waals surface area contributed by atoms with Gasteiger partial charge in [0.15, 0.2) is 0 Å². The smallest absolute Gasteiger partial charge is 0.134 e. The van der Waals surface area contributed by atoms with Gasteiger partial charge in [-0.1, -0.05) is 57.9 Å². The third-order valence-corrected chi connectivity index (χ3v) is 5.32. The summed E-state index contributed by atoms with van der Waals surface area (Å²) in [7, 11) is 0. The van der Waals surface area contributed by atoms with Gasteiger partial charge in [-0.3, -0.25) is 0 Å². The highest BCUT2D eigenvalue weighted by atomic mass is 79.9. The minimum absolute atomic E-state index is 0.572. The molecule has 0 saturated carbocycles. The summed E-state index contributed by atoms with van der Waals surface area (Å²) < 4.78 is 0.962. The van der Waals surface area contributed by atoms with Crippen molar-refractivity contribution in [1.82, 2.24) is 4.98 Å². The van der Waals surface area contributed by atoms with Gasteiger partial charge in [-0.15, -0.1) is 11.3 Å². The summed E-state index contributed by atoms with van der Waals surface area (Å²) in [5, 5.41) is 12.3. The van der Waals surface area contributed by atoms with Crippen molar-refractivity contribution in [2.75, 3.05) is 0 Å². The second-order valence-electron chi connectivity index (χ2n) is 5.55. The lowest BCUT2D eigenvalue weighted by molar-refractivity contribution is 1.32. The minimum Gasteiger partial charge on any atom is -0.235 e. The molecule has 0 radical (unpaired) electrons. The van der Waals surface area contributed by atoms with E-state index >= 15 is 0 Å². The molecule has 24 heavy (non-hydrogen) atoms. The molecule has 4 heteroatoms. The molecule has 0 spiro atoms. The van der Waals surface area contributed by atoms with E-state index in [4.69, 9.17) is 0 Å². The van der Waals surface area contributed by atoms with Crippen molar-refractivity contribution >= 4 is 38.9 Å². The van der Waals surface area contributed by atoms with E-state index in [0.717, 1.165) is 26.3 Å². The number of nitrogens with zero attached hydrogens (tertiary/aromatic N) is 2. The number of rotatable bonds is 3. The summed E-state index contributed by atoms with van der Waals surface area (Å²) in [6, 6.07) is 16.4. The Labute approximate surface area is 154 Å². The van der Waals surface area contributed by atoms with Crippen molar-refractivity contribution in [2.24, 2.45) is 0 Å². The molecule has 0 aliphatic rings. The lowest BCUT2D eigenvalue weighted by atomic mass is 10.0. The van der Waals surface area contributed by atoms with Crippen LogP contribution in [0.25, 0.3) is 22.9 Å². The summed E-state index contributed by atoms with van der Waals surface area (Å²) in [4.78, 5) is 4.68. The molecule has 1 aromatic heterocycles. The number of aryl methyl sites for hydroxylation is 2. The highest BCUT2D eigenvalue weighted by Crippen LogP contribution is 2.30. The van der Waals surface area contributed by atoms with E-state index in [2.05, 4.69) is 59.0 Å². The van der Waals surface area contributed by atoms with Crippen molar-refractivity contribution in [1.29, 1.82) is 5.26 Å². The van der Waals surface area contributed by atoms with E-state index in [1.165, 1.54) is 22.5 Å². The molecule has 0 bridgehead atoms. The van der Waals surface area contributed by atoms with Gasteiger partial charge >= 0.3 is 0 Å². The molecule has 0 unspecified atom stereocenters. The molecule has 118 valence electrons. The van der Waals surface area contributed by atoms with Crippen molar-refractivity contribution in [2.45, 2.75) is 13.8 Å². The SMILES string of the molecule is Cc1ccc(-c2csc(/C(C#N)=C\c3ccccc3Br)n2)c(C)c1. The number of nitriles is 1. The summed E-state index contributed by atoms with van der Waals surface area (Å²) in [6.07, 6.45) is 1.87. The predicted molar refractivity (Wildman–Crippen MR) is 105 cm³/mol. The summed E-state index contributed by atoms with van der Waals surface area (Å²) in [6.45, 7) is 4.17.